The molecule has 4 rings (SSSR count). The Bertz CT molecular complexity index is 845. The molecular weight excluding hydrogens is 260 g/mol. The van der Waals surface area contributed by atoms with E-state index < -0.39 is 0 Å². The van der Waals surface area contributed by atoms with E-state index in [1.807, 2.05) is 6.07 Å². The van der Waals surface area contributed by atoms with Gasteiger partial charge in [-0.3, -0.25) is 14.9 Å². The first-order valence-corrected chi connectivity index (χ1v) is 6.30. The Morgan fingerprint density at radius 2 is 2.10 bits per heavy atom. The summed E-state index contributed by atoms with van der Waals surface area (Å²) < 4.78 is 10.8. The van der Waals surface area contributed by atoms with Crippen LogP contribution in [0.4, 0.5) is 0 Å². The van der Waals surface area contributed by atoms with Gasteiger partial charge in [0.2, 0.25) is 11.8 Å². The summed E-state index contributed by atoms with van der Waals surface area (Å²) in [6.07, 6.45) is 3.78. The maximum absolute atomic E-state index is 12.0. The molecule has 6 nitrogen and oxygen atoms in total. The number of nitrogens with zero attached hydrogens (tertiary/aromatic N) is 1. The number of carbonyl (C=O) groups excluding carboxylic acids is 2. The summed E-state index contributed by atoms with van der Waals surface area (Å²) >= 11 is 0. The van der Waals surface area contributed by atoms with Gasteiger partial charge in [0.1, 0.15) is 11.1 Å². The monoisotopic (exact) mass is 270 g/mol. The van der Waals surface area contributed by atoms with Crippen LogP contribution in [0.15, 0.2) is 33.6 Å². The standard InChI is InChI=1S/C14H10N2O4/c17-13-2-1-7(14(18)16-13)9-5-19-11-4-10-12(3-8(9)11)20-6-15-10/h3-7H,1-2H2,(H,16,17,18). The Labute approximate surface area is 112 Å². The molecule has 1 unspecified atom stereocenters. The van der Waals surface area contributed by atoms with Crippen LogP contribution in [0.1, 0.15) is 24.3 Å². The van der Waals surface area contributed by atoms with Crippen molar-refractivity contribution in [3.8, 4) is 0 Å². The molecule has 1 aliphatic rings. The molecule has 1 aromatic carbocycles. The Kier molecular flexibility index (Phi) is 2.20. The van der Waals surface area contributed by atoms with Crippen LogP contribution in [0, 0.1) is 0 Å². The van der Waals surface area contributed by atoms with E-state index in [9.17, 15) is 9.59 Å². The molecule has 100 valence electrons. The van der Waals surface area contributed by atoms with Gasteiger partial charge in [0.15, 0.2) is 12.0 Å². The molecule has 2 aromatic heterocycles. The number of hydrogen-bond donors (Lipinski definition) is 1. The van der Waals surface area contributed by atoms with Crippen molar-refractivity contribution in [2.75, 3.05) is 0 Å². The quantitative estimate of drug-likeness (QED) is 0.684. The fourth-order valence-corrected chi connectivity index (χ4v) is 2.66. The largest absolute Gasteiger partial charge is 0.464 e. The van der Waals surface area contributed by atoms with E-state index in [2.05, 4.69) is 10.3 Å². The van der Waals surface area contributed by atoms with Crippen molar-refractivity contribution >= 4 is 33.9 Å². The summed E-state index contributed by atoms with van der Waals surface area (Å²) in [4.78, 5) is 27.2. The minimum atomic E-state index is -0.366. The molecule has 0 spiro atoms. The number of nitrogens with one attached hydrogen (secondary N) is 1. The van der Waals surface area contributed by atoms with Gasteiger partial charge in [-0.15, -0.1) is 0 Å². The summed E-state index contributed by atoms with van der Waals surface area (Å²) in [5, 5.41) is 3.18. The van der Waals surface area contributed by atoms with E-state index in [0.717, 1.165) is 10.9 Å². The van der Waals surface area contributed by atoms with E-state index >= 15 is 0 Å². The smallest absolute Gasteiger partial charge is 0.234 e. The average molecular weight is 270 g/mol. The number of carbonyl (C=O) groups is 2. The minimum absolute atomic E-state index is 0.225. The Morgan fingerprint density at radius 3 is 2.95 bits per heavy atom. The fourth-order valence-electron chi connectivity index (χ4n) is 2.66. The van der Waals surface area contributed by atoms with Gasteiger partial charge in [-0.25, -0.2) is 4.98 Å². The predicted octanol–water partition coefficient (Wildman–Crippen LogP) is 2.09. The van der Waals surface area contributed by atoms with Crippen molar-refractivity contribution < 1.29 is 18.4 Å². The molecular formula is C14H10N2O4. The van der Waals surface area contributed by atoms with Crippen molar-refractivity contribution in [2.45, 2.75) is 18.8 Å². The molecule has 20 heavy (non-hydrogen) atoms. The lowest BCUT2D eigenvalue weighted by Gasteiger charge is -2.19. The highest BCUT2D eigenvalue weighted by Crippen LogP contribution is 2.34. The number of furan rings is 1. The van der Waals surface area contributed by atoms with Gasteiger partial charge < -0.3 is 8.83 Å². The summed E-state index contributed by atoms with van der Waals surface area (Å²) in [6.45, 7) is 0. The molecule has 3 heterocycles. The number of benzene rings is 1. The van der Waals surface area contributed by atoms with E-state index in [0.29, 0.717) is 29.5 Å². The van der Waals surface area contributed by atoms with Crippen LogP contribution in [0.5, 0.6) is 0 Å². The molecule has 2 amide bonds. The van der Waals surface area contributed by atoms with Gasteiger partial charge in [0.25, 0.3) is 0 Å². The zero-order valence-electron chi connectivity index (χ0n) is 10.4. The molecule has 0 aliphatic carbocycles. The van der Waals surface area contributed by atoms with Gasteiger partial charge >= 0.3 is 0 Å². The van der Waals surface area contributed by atoms with Crippen molar-refractivity contribution in [3.63, 3.8) is 0 Å². The van der Waals surface area contributed by atoms with Crippen LogP contribution >= 0.6 is 0 Å². The van der Waals surface area contributed by atoms with Crippen LogP contribution in [0.2, 0.25) is 0 Å². The van der Waals surface area contributed by atoms with Gasteiger partial charge in [0.05, 0.1) is 12.2 Å². The normalized spacial score (nSPS) is 19.7. The van der Waals surface area contributed by atoms with E-state index in [-0.39, 0.29) is 17.7 Å². The number of hydrogen-bond acceptors (Lipinski definition) is 5. The maximum Gasteiger partial charge on any atom is 0.234 e. The van der Waals surface area contributed by atoms with Gasteiger partial charge in [-0.05, 0) is 12.5 Å². The topological polar surface area (TPSA) is 85.3 Å². The van der Waals surface area contributed by atoms with Crippen molar-refractivity contribution in [1.29, 1.82) is 0 Å². The molecule has 0 radical (unpaired) electrons. The average Bonchev–Trinajstić information content (AvgIpc) is 3.02. The molecule has 1 atom stereocenters. The number of piperidine rings is 1. The maximum atomic E-state index is 12.0. The molecule has 1 saturated heterocycles. The van der Waals surface area contributed by atoms with E-state index in [1.165, 1.54) is 6.39 Å². The first kappa shape index (κ1) is 11.2. The summed E-state index contributed by atoms with van der Waals surface area (Å²) in [5.74, 6) is -0.868. The van der Waals surface area contributed by atoms with Gasteiger partial charge in [0, 0.05) is 23.4 Å². The molecule has 1 fully saturated rings. The highest BCUT2D eigenvalue weighted by Gasteiger charge is 2.30. The van der Waals surface area contributed by atoms with Crippen molar-refractivity contribution in [2.24, 2.45) is 0 Å². The van der Waals surface area contributed by atoms with Crippen LogP contribution in [0.25, 0.3) is 22.1 Å². The number of imide groups is 1. The van der Waals surface area contributed by atoms with Gasteiger partial charge in [-0.1, -0.05) is 0 Å². The number of amides is 2. The van der Waals surface area contributed by atoms with E-state index in [1.54, 1.807) is 12.3 Å². The lowest BCUT2D eigenvalue weighted by Crippen LogP contribution is -2.39. The van der Waals surface area contributed by atoms with Crippen molar-refractivity contribution in [3.05, 3.63) is 30.4 Å². The van der Waals surface area contributed by atoms with E-state index in [4.69, 9.17) is 8.83 Å². The Balaban J connectivity index is 1.86. The van der Waals surface area contributed by atoms with Gasteiger partial charge in [-0.2, -0.15) is 0 Å². The summed E-state index contributed by atoms with van der Waals surface area (Å²) in [7, 11) is 0. The molecule has 6 heteroatoms. The first-order chi connectivity index (χ1) is 9.72. The highest BCUT2D eigenvalue weighted by molar-refractivity contribution is 6.03. The molecule has 1 aliphatic heterocycles. The van der Waals surface area contributed by atoms with Crippen LogP contribution in [-0.2, 0) is 9.59 Å². The second-order valence-electron chi connectivity index (χ2n) is 4.86. The number of aromatic nitrogens is 1. The number of oxazole rings is 1. The predicted molar refractivity (Wildman–Crippen MR) is 68.9 cm³/mol. The van der Waals surface area contributed by atoms with Crippen molar-refractivity contribution in [1.82, 2.24) is 10.3 Å². The van der Waals surface area contributed by atoms with Crippen LogP contribution in [0.3, 0.4) is 0 Å². The third-order valence-electron chi connectivity index (χ3n) is 3.67. The molecule has 0 bridgehead atoms. The highest BCUT2D eigenvalue weighted by atomic mass is 16.3. The molecule has 3 aromatic rings. The second kappa shape index (κ2) is 3.93. The number of fused-ring (bicyclic) bond motifs is 2. The lowest BCUT2D eigenvalue weighted by molar-refractivity contribution is -0.134. The fraction of sp³-hybridized carbons (Fsp3) is 0.214. The SMILES string of the molecule is O=C1CCC(c2coc3cc4ncoc4cc23)C(=O)N1. The van der Waals surface area contributed by atoms with Crippen LogP contribution < -0.4 is 5.32 Å². The third kappa shape index (κ3) is 1.54. The second-order valence-corrected chi connectivity index (χ2v) is 4.86. The summed E-state index contributed by atoms with van der Waals surface area (Å²) in [5.41, 5.74) is 2.79. The lowest BCUT2D eigenvalue weighted by atomic mass is 9.90. The molecule has 1 N–H and O–H groups in total. The Morgan fingerprint density at radius 1 is 1.20 bits per heavy atom. The minimum Gasteiger partial charge on any atom is -0.464 e. The summed E-state index contributed by atoms with van der Waals surface area (Å²) in [6, 6.07) is 3.60. The number of rotatable bonds is 1. The molecule has 0 saturated carbocycles. The zero-order chi connectivity index (χ0) is 13.7. The zero-order valence-corrected chi connectivity index (χ0v) is 10.4. The third-order valence-corrected chi connectivity index (χ3v) is 3.67. The Hall–Kier alpha value is -2.63. The first-order valence-electron chi connectivity index (χ1n) is 6.30. The van der Waals surface area contributed by atoms with Crippen LogP contribution in [-0.4, -0.2) is 16.8 Å².